The van der Waals surface area contributed by atoms with Crippen molar-refractivity contribution in [3.8, 4) is 6.07 Å². The van der Waals surface area contributed by atoms with Crippen LogP contribution in [0.1, 0.15) is 25.3 Å². The van der Waals surface area contributed by atoms with E-state index in [0.717, 1.165) is 31.6 Å². The first-order chi connectivity index (χ1) is 7.72. The summed E-state index contributed by atoms with van der Waals surface area (Å²) in [6.07, 6.45) is 2.33. The Balaban J connectivity index is 2.21. The molecule has 0 amide bonds. The maximum atomic E-state index is 13.3. The minimum absolute atomic E-state index is 0.325. The fourth-order valence-corrected chi connectivity index (χ4v) is 2.22. The van der Waals surface area contributed by atoms with Gasteiger partial charge in [-0.25, -0.2) is 4.39 Å². The van der Waals surface area contributed by atoms with Crippen LogP contribution in [0.4, 0.5) is 10.1 Å². The maximum absolute atomic E-state index is 13.3. The fourth-order valence-electron chi connectivity index (χ4n) is 2.22. The third kappa shape index (κ3) is 2.16. The van der Waals surface area contributed by atoms with E-state index in [1.165, 1.54) is 12.1 Å². The van der Waals surface area contributed by atoms with Gasteiger partial charge in [0.15, 0.2) is 0 Å². The van der Waals surface area contributed by atoms with Crippen molar-refractivity contribution in [2.24, 2.45) is 5.92 Å². The lowest BCUT2D eigenvalue weighted by Gasteiger charge is -2.18. The molecular weight excluding hydrogens is 203 g/mol. The first kappa shape index (κ1) is 10.9. The summed E-state index contributed by atoms with van der Waals surface area (Å²) in [5, 5.41) is 8.79. The van der Waals surface area contributed by atoms with Crippen LogP contribution in [-0.4, -0.2) is 13.1 Å². The van der Waals surface area contributed by atoms with Crippen molar-refractivity contribution in [2.45, 2.75) is 19.8 Å². The molecule has 1 aliphatic heterocycles. The highest BCUT2D eigenvalue weighted by molar-refractivity contribution is 5.52. The zero-order valence-corrected chi connectivity index (χ0v) is 9.41. The highest BCUT2D eigenvalue weighted by Gasteiger charge is 2.21. The van der Waals surface area contributed by atoms with Gasteiger partial charge in [0.05, 0.1) is 11.6 Å². The Hall–Kier alpha value is -1.56. The molecule has 1 heterocycles. The molecule has 0 aromatic heterocycles. The minimum Gasteiger partial charge on any atom is -0.371 e. The molecule has 0 N–H and O–H groups in total. The predicted molar refractivity (Wildman–Crippen MR) is 61.7 cm³/mol. The lowest BCUT2D eigenvalue weighted by Crippen LogP contribution is -2.19. The molecule has 1 atom stereocenters. The zero-order valence-electron chi connectivity index (χ0n) is 9.41. The highest BCUT2D eigenvalue weighted by Crippen LogP contribution is 2.26. The average molecular weight is 218 g/mol. The second kappa shape index (κ2) is 4.52. The summed E-state index contributed by atoms with van der Waals surface area (Å²) >= 11 is 0. The SMILES string of the molecule is CCC1CCN(c2cc(F)cc(C#N)c2)C1. The van der Waals surface area contributed by atoms with Crippen LogP contribution in [0.2, 0.25) is 0 Å². The number of anilines is 1. The number of halogens is 1. The average Bonchev–Trinajstić information content (AvgIpc) is 2.76. The number of benzene rings is 1. The molecule has 1 fully saturated rings. The molecule has 1 aliphatic rings. The summed E-state index contributed by atoms with van der Waals surface area (Å²) in [5.74, 6) is 0.378. The Bertz CT molecular complexity index is 422. The van der Waals surface area contributed by atoms with Crippen molar-refractivity contribution < 1.29 is 4.39 Å². The van der Waals surface area contributed by atoms with Crippen LogP contribution >= 0.6 is 0 Å². The number of hydrogen-bond acceptors (Lipinski definition) is 2. The molecule has 1 unspecified atom stereocenters. The zero-order chi connectivity index (χ0) is 11.5. The van der Waals surface area contributed by atoms with Gasteiger partial charge in [0, 0.05) is 18.8 Å². The Kier molecular flexibility index (Phi) is 3.09. The smallest absolute Gasteiger partial charge is 0.126 e. The second-order valence-electron chi connectivity index (χ2n) is 4.32. The van der Waals surface area contributed by atoms with Crippen LogP contribution in [-0.2, 0) is 0 Å². The summed E-state index contributed by atoms with van der Waals surface area (Å²) in [5.41, 5.74) is 1.24. The van der Waals surface area contributed by atoms with Crippen molar-refractivity contribution in [3.63, 3.8) is 0 Å². The van der Waals surface area contributed by atoms with E-state index in [4.69, 9.17) is 5.26 Å². The molecule has 0 saturated carbocycles. The van der Waals surface area contributed by atoms with E-state index in [9.17, 15) is 4.39 Å². The molecule has 1 aromatic carbocycles. The van der Waals surface area contributed by atoms with Gasteiger partial charge in [0.25, 0.3) is 0 Å². The van der Waals surface area contributed by atoms with E-state index < -0.39 is 0 Å². The fraction of sp³-hybridized carbons (Fsp3) is 0.462. The van der Waals surface area contributed by atoms with Crippen LogP contribution in [0.3, 0.4) is 0 Å². The summed E-state index contributed by atoms with van der Waals surface area (Å²) < 4.78 is 13.3. The van der Waals surface area contributed by atoms with Gasteiger partial charge in [-0.2, -0.15) is 5.26 Å². The van der Waals surface area contributed by atoms with Gasteiger partial charge in [-0.3, -0.25) is 0 Å². The standard InChI is InChI=1S/C13H15FN2/c1-2-10-3-4-16(9-10)13-6-11(8-15)5-12(14)7-13/h5-7,10H,2-4,9H2,1H3. The summed E-state index contributed by atoms with van der Waals surface area (Å²) in [7, 11) is 0. The van der Waals surface area contributed by atoms with Gasteiger partial charge in [-0.1, -0.05) is 13.3 Å². The minimum atomic E-state index is -0.325. The Morgan fingerprint density at radius 3 is 2.94 bits per heavy atom. The summed E-state index contributed by atoms with van der Waals surface area (Å²) in [4.78, 5) is 2.16. The lowest BCUT2D eigenvalue weighted by atomic mass is 10.1. The monoisotopic (exact) mass is 218 g/mol. The van der Waals surface area contributed by atoms with Crippen LogP contribution < -0.4 is 4.90 Å². The van der Waals surface area contributed by atoms with Crippen molar-refractivity contribution in [3.05, 3.63) is 29.6 Å². The van der Waals surface area contributed by atoms with Gasteiger partial charge in [0.2, 0.25) is 0 Å². The number of nitrogens with zero attached hydrogens (tertiary/aromatic N) is 2. The molecule has 3 heteroatoms. The van der Waals surface area contributed by atoms with Crippen molar-refractivity contribution in [1.82, 2.24) is 0 Å². The quantitative estimate of drug-likeness (QED) is 0.763. The first-order valence-corrected chi connectivity index (χ1v) is 5.68. The van der Waals surface area contributed by atoms with Crippen molar-refractivity contribution in [1.29, 1.82) is 5.26 Å². The predicted octanol–water partition coefficient (Wildman–Crippen LogP) is 2.93. The first-order valence-electron chi connectivity index (χ1n) is 5.68. The third-order valence-electron chi connectivity index (χ3n) is 3.24. The Morgan fingerprint density at radius 1 is 1.50 bits per heavy atom. The Morgan fingerprint density at radius 2 is 2.31 bits per heavy atom. The lowest BCUT2D eigenvalue weighted by molar-refractivity contribution is 0.569. The highest BCUT2D eigenvalue weighted by atomic mass is 19.1. The van der Waals surface area contributed by atoms with Crippen LogP contribution in [0.5, 0.6) is 0 Å². The van der Waals surface area contributed by atoms with E-state index in [1.807, 2.05) is 6.07 Å². The number of hydrogen-bond donors (Lipinski definition) is 0. The van der Waals surface area contributed by atoms with Crippen LogP contribution in [0, 0.1) is 23.1 Å². The molecule has 2 nitrogen and oxygen atoms in total. The van der Waals surface area contributed by atoms with E-state index in [2.05, 4.69) is 11.8 Å². The van der Waals surface area contributed by atoms with E-state index in [1.54, 1.807) is 6.07 Å². The molecule has 1 saturated heterocycles. The summed E-state index contributed by atoms with van der Waals surface area (Å²) in [6, 6.07) is 6.54. The third-order valence-corrected chi connectivity index (χ3v) is 3.24. The van der Waals surface area contributed by atoms with Gasteiger partial charge < -0.3 is 4.90 Å². The molecule has 0 bridgehead atoms. The molecule has 0 radical (unpaired) electrons. The molecule has 0 spiro atoms. The largest absolute Gasteiger partial charge is 0.371 e. The number of nitriles is 1. The normalized spacial score (nSPS) is 19.8. The molecule has 0 aliphatic carbocycles. The molecule has 2 rings (SSSR count). The van der Waals surface area contributed by atoms with Gasteiger partial charge in [-0.05, 0) is 30.5 Å². The van der Waals surface area contributed by atoms with Gasteiger partial charge in [0.1, 0.15) is 5.82 Å². The van der Waals surface area contributed by atoms with Gasteiger partial charge in [-0.15, -0.1) is 0 Å². The van der Waals surface area contributed by atoms with Gasteiger partial charge >= 0.3 is 0 Å². The second-order valence-corrected chi connectivity index (χ2v) is 4.32. The van der Waals surface area contributed by atoms with E-state index >= 15 is 0 Å². The van der Waals surface area contributed by atoms with Crippen molar-refractivity contribution in [2.75, 3.05) is 18.0 Å². The molecule has 1 aromatic rings. The maximum Gasteiger partial charge on any atom is 0.126 e. The summed E-state index contributed by atoms with van der Waals surface area (Å²) in [6.45, 7) is 4.12. The van der Waals surface area contributed by atoms with Crippen LogP contribution in [0.15, 0.2) is 18.2 Å². The molecule has 84 valence electrons. The number of rotatable bonds is 2. The van der Waals surface area contributed by atoms with E-state index in [0.29, 0.717) is 11.5 Å². The Labute approximate surface area is 95.3 Å². The van der Waals surface area contributed by atoms with E-state index in [-0.39, 0.29) is 5.82 Å². The van der Waals surface area contributed by atoms with Crippen LogP contribution in [0.25, 0.3) is 0 Å². The van der Waals surface area contributed by atoms with Crippen molar-refractivity contribution >= 4 is 5.69 Å². The topological polar surface area (TPSA) is 27.0 Å². The molecule has 16 heavy (non-hydrogen) atoms. The molecular formula is C13H15FN2.